The molecule has 1 aromatic carbocycles. The van der Waals surface area contributed by atoms with Gasteiger partial charge in [0.2, 0.25) is 0 Å². The summed E-state index contributed by atoms with van der Waals surface area (Å²) in [6.07, 6.45) is 2.88. The molecule has 0 unspecified atom stereocenters. The van der Waals surface area contributed by atoms with E-state index in [4.69, 9.17) is 0 Å². The number of benzene rings is 1. The van der Waals surface area contributed by atoms with Gasteiger partial charge < -0.3 is 0 Å². The van der Waals surface area contributed by atoms with Crippen molar-refractivity contribution in [2.75, 3.05) is 0 Å². The molecule has 1 aromatic heterocycles. The van der Waals surface area contributed by atoms with Crippen LogP contribution < -0.4 is 4.72 Å². The number of nitrogens with zero attached hydrogens (tertiary/aromatic N) is 1. The number of sulfonamides is 1. The number of hydrogen-bond donors (Lipinski definition) is 1. The minimum absolute atomic E-state index is 0.304. The monoisotopic (exact) mass is 380 g/mol. The Morgan fingerprint density at radius 3 is 2.68 bits per heavy atom. The van der Waals surface area contributed by atoms with Crippen LogP contribution in [0.1, 0.15) is 21.6 Å². The normalized spacial score (nSPS) is 11.5. The number of aryl methyl sites for hydroxylation is 1. The Bertz CT molecular complexity index is 818. The summed E-state index contributed by atoms with van der Waals surface area (Å²) in [4.78, 5) is 16.0. The molecule has 0 spiro atoms. The summed E-state index contributed by atoms with van der Waals surface area (Å²) in [5, 5.41) is 0.918. The highest BCUT2D eigenvalue weighted by molar-refractivity contribution is 9.10. The van der Waals surface area contributed by atoms with Gasteiger partial charge in [-0.05, 0) is 48.9 Å². The number of hydrogen-bond acceptors (Lipinski definition) is 4. The van der Waals surface area contributed by atoms with Gasteiger partial charge in [0.15, 0.2) is 0 Å². The second-order valence-corrected chi connectivity index (χ2v) is 6.97. The third kappa shape index (κ3) is 4.51. The summed E-state index contributed by atoms with van der Waals surface area (Å²) in [6, 6.07) is 10.1. The molecule has 22 heavy (non-hydrogen) atoms. The molecular formula is C15H13BrN2O3S. The zero-order valence-corrected chi connectivity index (χ0v) is 14.1. The minimum atomic E-state index is -3.89. The van der Waals surface area contributed by atoms with E-state index in [0.29, 0.717) is 16.8 Å². The lowest BCUT2D eigenvalue weighted by molar-refractivity contribution is 0.0981. The number of rotatable bonds is 4. The first-order valence-corrected chi connectivity index (χ1v) is 8.64. The van der Waals surface area contributed by atoms with E-state index in [2.05, 4.69) is 20.9 Å². The van der Waals surface area contributed by atoms with Crippen LogP contribution in [0.2, 0.25) is 0 Å². The topological polar surface area (TPSA) is 76.1 Å². The highest BCUT2D eigenvalue weighted by Gasteiger charge is 2.15. The number of halogens is 1. The van der Waals surface area contributed by atoms with Crippen LogP contribution in [0.4, 0.5) is 0 Å². The van der Waals surface area contributed by atoms with Gasteiger partial charge >= 0.3 is 0 Å². The summed E-state index contributed by atoms with van der Waals surface area (Å²) < 4.78 is 26.6. The van der Waals surface area contributed by atoms with E-state index >= 15 is 0 Å². The highest BCUT2D eigenvalue weighted by Crippen LogP contribution is 2.16. The average molecular weight is 381 g/mol. The van der Waals surface area contributed by atoms with Crippen LogP contribution in [0.25, 0.3) is 6.08 Å². The second-order valence-electron chi connectivity index (χ2n) is 4.49. The molecule has 0 atom stereocenters. The maximum Gasteiger partial charge on any atom is 0.265 e. The van der Waals surface area contributed by atoms with E-state index in [9.17, 15) is 13.2 Å². The largest absolute Gasteiger partial charge is 0.268 e. The molecule has 1 heterocycles. The Balaban J connectivity index is 2.14. The Kier molecular flexibility index (Phi) is 5.10. The molecule has 7 heteroatoms. The van der Waals surface area contributed by atoms with Crippen molar-refractivity contribution in [3.05, 3.63) is 69.3 Å². The van der Waals surface area contributed by atoms with Crippen molar-refractivity contribution in [2.45, 2.75) is 6.92 Å². The van der Waals surface area contributed by atoms with Crippen LogP contribution in [-0.4, -0.2) is 19.3 Å². The first-order chi connectivity index (χ1) is 10.4. The molecule has 5 nitrogen and oxygen atoms in total. The molecule has 1 amide bonds. The lowest BCUT2D eigenvalue weighted by Crippen LogP contribution is -2.29. The molecule has 0 bridgehead atoms. The van der Waals surface area contributed by atoms with Crippen molar-refractivity contribution in [3.8, 4) is 0 Å². The first-order valence-electron chi connectivity index (χ1n) is 6.30. The third-order valence-electron chi connectivity index (χ3n) is 2.77. The Morgan fingerprint density at radius 2 is 2.05 bits per heavy atom. The van der Waals surface area contributed by atoms with E-state index in [1.165, 1.54) is 6.08 Å². The van der Waals surface area contributed by atoms with Gasteiger partial charge in [-0.1, -0.05) is 22.0 Å². The quantitative estimate of drug-likeness (QED) is 0.884. The second kappa shape index (κ2) is 6.85. The SMILES string of the molecule is Cc1cc(Br)ccc1C(=O)NS(=O)(=O)/C=C/c1ccccn1. The standard InChI is InChI=1S/C15H13BrN2O3S/c1-11-10-12(16)5-6-14(11)15(19)18-22(20,21)9-7-13-4-2-3-8-17-13/h2-10H,1H3,(H,18,19)/b9-7+. The van der Waals surface area contributed by atoms with Gasteiger partial charge in [0.05, 0.1) is 11.1 Å². The van der Waals surface area contributed by atoms with Crippen molar-refractivity contribution in [2.24, 2.45) is 0 Å². The highest BCUT2D eigenvalue weighted by atomic mass is 79.9. The molecular weight excluding hydrogens is 368 g/mol. The van der Waals surface area contributed by atoms with E-state index in [1.54, 1.807) is 49.5 Å². The summed E-state index contributed by atoms with van der Waals surface area (Å²) in [5.41, 5.74) is 1.47. The average Bonchev–Trinajstić information content (AvgIpc) is 2.45. The molecule has 2 rings (SSSR count). The molecule has 0 radical (unpaired) electrons. The lowest BCUT2D eigenvalue weighted by Gasteiger charge is -2.06. The van der Waals surface area contributed by atoms with Crippen LogP contribution in [0, 0.1) is 6.92 Å². The predicted molar refractivity (Wildman–Crippen MR) is 88.5 cm³/mol. The fraction of sp³-hybridized carbons (Fsp3) is 0.0667. The van der Waals surface area contributed by atoms with E-state index in [-0.39, 0.29) is 0 Å². The molecule has 0 aliphatic heterocycles. The zero-order valence-electron chi connectivity index (χ0n) is 11.7. The van der Waals surface area contributed by atoms with Crippen molar-refractivity contribution in [1.29, 1.82) is 0 Å². The van der Waals surface area contributed by atoms with Gasteiger partial charge in [-0.2, -0.15) is 0 Å². The molecule has 0 aliphatic carbocycles. The van der Waals surface area contributed by atoms with Gasteiger partial charge in [0, 0.05) is 16.2 Å². The van der Waals surface area contributed by atoms with Crippen LogP contribution >= 0.6 is 15.9 Å². The maximum absolute atomic E-state index is 12.0. The number of nitrogens with one attached hydrogen (secondary N) is 1. The molecule has 114 valence electrons. The van der Waals surface area contributed by atoms with Crippen molar-refractivity contribution in [1.82, 2.24) is 9.71 Å². The third-order valence-corrected chi connectivity index (χ3v) is 4.23. The van der Waals surface area contributed by atoms with Gasteiger partial charge in [0.25, 0.3) is 15.9 Å². The fourth-order valence-corrected chi connectivity index (χ4v) is 2.96. The van der Waals surface area contributed by atoms with Crippen LogP contribution in [-0.2, 0) is 10.0 Å². The van der Waals surface area contributed by atoms with Gasteiger partial charge in [-0.25, -0.2) is 13.1 Å². The molecule has 0 aliphatic rings. The number of aromatic nitrogens is 1. The van der Waals surface area contributed by atoms with Crippen molar-refractivity contribution >= 4 is 37.9 Å². The first kappa shape index (κ1) is 16.4. The molecule has 2 aromatic rings. The minimum Gasteiger partial charge on any atom is -0.268 e. The maximum atomic E-state index is 12.0. The van der Waals surface area contributed by atoms with Gasteiger partial charge in [-0.3, -0.25) is 9.78 Å². The molecule has 0 saturated heterocycles. The summed E-state index contributed by atoms with van der Waals surface area (Å²) in [6.45, 7) is 1.73. The van der Waals surface area contributed by atoms with Crippen molar-refractivity contribution in [3.63, 3.8) is 0 Å². The molecule has 0 fully saturated rings. The van der Waals surface area contributed by atoms with E-state index in [0.717, 1.165) is 9.88 Å². The smallest absolute Gasteiger partial charge is 0.265 e. The number of pyridine rings is 1. The predicted octanol–water partition coefficient (Wildman–Crippen LogP) is 2.88. The van der Waals surface area contributed by atoms with Gasteiger partial charge in [-0.15, -0.1) is 0 Å². The van der Waals surface area contributed by atoms with Crippen molar-refractivity contribution < 1.29 is 13.2 Å². The Hall–Kier alpha value is -1.99. The Morgan fingerprint density at radius 1 is 1.27 bits per heavy atom. The summed E-state index contributed by atoms with van der Waals surface area (Å²) in [7, 11) is -3.89. The zero-order chi connectivity index (χ0) is 16.2. The van der Waals surface area contributed by atoms with Gasteiger partial charge in [0.1, 0.15) is 0 Å². The number of amides is 1. The van der Waals surface area contributed by atoms with Crippen LogP contribution in [0.15, 0.2) is 52.5 Å². The van der Waals surface area contributed by atoms with Crippen LogP contribution in [0.3, 0.4) is 0 Å². The Labute approximate surface area is 137 Å². The number of carbonyl (C=O) groups excluding carboxylic acids is 1. The summed E-state index contributed by atoms with van der Waals surface area (Å²) in [5.74, 6) is -0.671. The van der Waals surface area contributed by atoms with E-state index < -0.39 is 15.9 Å². The van der Waals surface area contributed by atoms with Crippen LogP contribution in [0.5, 0.6) is 0 Å². The number of carbonyl (C=O) groups is 1. The van der Waals surface area contributed by atoms with E-state index in [1.807, 2.05) is 4.72 Å². The molecule has 1 N–H and O–H groups in total. The summed E-state index contributed by atoms with van der Waals surface area (Å²) >= 11 is 3.29. The molecule has 0 saturated carbocycles. The fourth-order valence-electron chi connectivity index (χ4n) is 1.73. The lowest BCUT2D eigenvalue weighted by atomic mass is 10.1.